The molecule has 0 aromatic heterocycles. The standard InChI is InChI=1S/C9H15NO2/c11-9(12)7-3-1-5-10-6-2-4-8(7)10/h7-8H,1-6H2,(H,11,12)/t7?,8-/m1/s1. The summed E-state index contributed by atoms with van der Waals surface area (Å²) in [5, 5.41) is 8.96. The molecular weight excluding hydrogens is 154 g/mol. The van der Waals surface area contributed by atoms with Gasteiger partial charge in [-0.3, -0.25) is 9.69 Å². The molecule has 0 bridgehead atoms. The molecule has 3 nitrogen and oxygen atoms in total. The average Bonchev–Trinajstić information content (AvgIpc) is 2.49. The van der Waals surface area contributed by atoms with Crippen LogP contribution in [0.25, 0.3) is 0 Å². The predicted molar refractivity (Wildman–Crippen MR) is 45.0 cm³/mol. The molecular formula is C9H15NO2. The Bertz CT molecular complexity index is 193. The molecule has 2 aliphatic rings. The van der Waals surface area contributed by atoms with Gasteiger partial charge in [0.05, 0.1) is 5.92 Å². The smallest absolute Gasteiger partial charge is 0.308 e. The van der Waals surface area contributed by atoms with Gasteiger partial charge in [0.15, 0.2) is 0 Å². The van der Waals surface area contributed by atoms with E-state index in [1.165, 1.54) is 6.42 Å². The first-order chi connectivity index (χ1) is 5.79. The third-order valence-electron chi connectivity index (χ3n) is 3.16. The van der Waals surface area contributed by atoms with Crippen LogP contribution in [0.1, 0.15) is 25.7 Å². The number of rotatable bonds is 1. The van der Waals surface area contributed by atoms with Crippen molar-refractivity contribution in [2.24, 2.45) is 5.92 Å². The first kappa shape index (κ1) is 8.05. The zero-order chi connectivity index (χ0) is 8.55. The maximum atomic E-state index is 10.9. The van der Waals surface area contributed by atoms with E-state index < -0.39 is 5.97 Å². The zero-order valence-corrected chi connectivity index (χ0v) is 7.20. The molecule has 0 spiro atoms. The quantitative estimate of drug-likeness (QED) is 0.635. The minimum atomic E-state index is -0.591. The molecule has 0 aromatic rings. The van der Waals surface area contributed by atoms with Crippen LogP contribution < -0.4 is 0 Å². The Morgan fingerprint density at radius 1 is 1.25 bits per heavy atom. The summed E-state index contributed by atoms with van der Waals surface area (Å²) in [5.41, 5.74) is 0. The van der Waals surface area contributed by atoms with Crippen molar-refractivity contribution in [1.82, 2.24) is 4.90 Å². The van der Waals surface area contributed by atoms with Crippen LogP contribution in [0.5, 0.6) is 0 Å². The topological polar surface area (TPSA) is 40.5 Å². The Labute approximate surface area is 72.4 Å². The minimum absolute atomic E-state index is 0.0822. The van der Waals surface area contributed by atoms with Gasteiger partial charge in [0, 0.05) is 6.04 Å². The lowest BCUT2D eigenvalue weighted by Crippen LogP contribution is -2.43. The van der Waals surface area contributed by atoms with Crippen LogP contribution in [0, 0.1) is 5.92 Å². The number of piperidine rings is 1. The molecule has 0 saturated carbocycles. The van der Waals surface area contributed by atoms with Gasteiger partial charge in [-0.2, -0.15) is 0 Å². The van der Waals surface area contributed by atoms with Gasteiger partial charge in [-0.15, -0.1) is 0 Å². The molecule has 0 radical (unpaired) electrons. The highest BCUT2D eigenvalue weighted by Gasteiger charge is 2.38. The van der Waals surface area contributed by atoms with Crippen molar-refractivity contribution in [3.8, 4) is 0 Å². The molecule has 0 aliphatic carbocycles. The highest BCUT2D eigenvalue weighted by molar-refractivity contribution is 5.71. The van der Waals surface area contributed by atoms with E-state index in [1.54, 1.807) is 0 Å². The van der Waals surface area contributed by atoms with Gasteiger partial charge in [-0.05, 0) is 38.8 Å². The maximum Gasteiger partial charge on any atom is 0.308 e. The minimum Gasteiger partial charge on any atom is -0.481 e. The number of carbonyl (C=O) groups is 1. The van der Waals surface area contributed by atoms with Gasteiger partial charge in [-0.25, -0.2) is 0 Å². The van der Waals surface area contributed by atoms with Crippen molar-refractivity contribution in [1.29, 1.82) is 0 Å². The number of carboxylic acids is 1. The van der Waals surface area contributed by atoms with Crippen molar-refractivity contribution in [3.63, 3.8) is 0 Å². The number of hydrogen-bond acceptors (Lipinski definition) is 2. The lowest BCUT2D eigenvalue weighted by molar-refractivity contribution is -0.145. The van der Waals surface area contributed by atoms with Gasteiger partial charge in [0.25, 0.3) is 0 Å². The van der Waals surface area contributed by atoms with Crippen LogP contribution in [0.2, 0.25) is 0 Å². The van der Waals surface area contributed by atoms with E-state index in [4.69, 9.17) is 5.11 Å². The number of carboxylic acid groups (broad SMARTS) is 1. The van der Waals surface area contributed by atoms with Crippen molar-refractivity contribution < 1.29 is 9.90 Å². The summed E-state index contributed by atoms with van der Waals surface area (Å²) in [7, 11) is 0. The molecule has 0 amide bonds. The van der Waals surface area contributed by atoms with Gasteiger partial charge < -0.3 is 5.11 Å². The fourth-order valence-corrected chi connectivity index (χ4v) is 2.58. The molecule has 12 heavy (non-hydrogen) atoms. The highest BCUT2D eigenvalue weighted by atomic mass is 16.4. The van der Waals surface area contributed by atoms with Crippen LogP contribution in [0.4, 0.5) is 0 Å². The first-order valence-corrected chi connectivity index (χ1v) is 4.76. The predicted octanol–water partition coefficient (Wildman–Crippen LogP) is 0.945. The number of nitrogens with zero attached hydrogens (tertiary/aromatic N) is 1. The van der Waals surface area contributed by atoms with Crippen molar-refractivity contribution in [2.75, 3.05) is 13.1 Å². The lowest BCUT2D eigenvalue weighted by Gasteiger charge is -2.34. The summed E-state index contributed by atoms with van der Waals surface area (Å²) in [5.74, 6) is -0.673. The van der Waals surface area contributed by atoms with Crippen LogP contribution in [0.3, 0.4) is 0 Å². The molecule has 2 saturated heterocycles. The van der Waals surface area contributed by atoms with Crippen LogP contribution >= 0.6 is 0 Å². The van der Waals surface area contributed by atoms with Crippen LogP contribution in [-0.4, -0.2) is 35.1 Å². The second kappa shape index (κ2) is 3.05. The van der Waals surface area contributed by atoms with E-state index in [1.807, 2.05) is 0 Å². The molecule has 0 aromatic carbocycles. The summed E-state index contributed by atoms with van der Waals surface area (Å²) in [6.45, 7) is 2.24. The number of hydrogen-bond donors (Lipinski definition) is 1. The molecule has 1 unspecified atom stereocenters. The Morgan fingerprint density at radius 2 is 1.92 bits per heavy atom. The van der Waals surface area contributed by atoms with Gasteiger partial charge in [0.2, 0.25) is 0 Å². The third kappa shape index (κ3) is 1.22. The van der Waals surface area contributed by atoms with Gasteiger partial charge in [-0.1, -0.05) is 0 Å². The van der Waals surface area contributed by atoms with E-state index in [9.17, 15) is 4.79 Å². The second-order valence-electron chi connectivity index (χ2n) is 3.83. The van der Waals surface area contributed by atoms with Crippen molar-refractivity contribution in [2.45, 2.75) is 31.7 Å². The zero-order valence-electron chi connectivity index (χ0n) is 7.20. The fraction of sp³-hybridized carbons (Fsp3) is 0.889. The molecule has 2 aliphatic heterocycles. The van der Waals surface area contributed by atoms with Crippen molar-refractivity contribution in [3.05, 3.63) is 0 Å². The van der Waals surface area contributed by atoms with Crippen LogP contribution in [-0.2, 0) is 4.79 Å². The lowest BCUT2D eigenvalue weighted by atomic mass is 9.89. The Hall–Kier alpha value is -0.570. The average molecular weight is 169 g/mol. The Kier molecular flexibility index (Phi) is 2.05. The number of fused-ring (bicyclic) bond motifs is 1. The summed E-state index contributed by atoms with van der Waals surface area (Å²) >= 11 is 0. The Morgan fingerprint density at radius 3 is 2.58 bits per heavy atom. The highest BCUT2D eigenvalue weighted by Crippen LogP contribution is 2.31. The maximum absolute atomic E-state index is 10.9. The van der Waals surface area contributed by atoms with E-state index in [0.717, 1.165) is 32.4 Å². The molecule has 3 heteroatoms. The van der Waals surface area contributed by atoms with Gasteiger partial charge >= 0.3 is 5.97 Å². The molecule has 2 heterocycles. The monoisotopic (exact) mass is 169 g/mol. The fourth-order valence-electron chi connectivity index (χ4n) is 2.58. The third-order valence-corrected chi connectivity index (χ3v) is 3.16. The SMILES string of the molecule is O=C(O)C1CCCN2CCC[C@H]12. The summed E-state index contributed by atoms with van der Waals surface area (Å²) in [6, 6.07) is 0.358. The Balaban J connectivity index is 2.08. The van der Waals surface area contributed by atoms with E-state index >= 15 is 0 Å². The second-order valence-corrected chi connectivity index (χ2v) is 3.83. The normalized spacial score (nSPS) is 36.3. The number of aliphatic carboxylic acids is 1. The molecule has 2 rings (SSSR count). The molecule has 2 atom stereocenters. The van der Waals surface area contributed by atoms with E-state index in [2.05, 4.69) is 4.90 Å². The molecule has 2 fully saturated rings. The first-order valence-electron chi connectivity index (χ1n) is 4.76. The summed E-state index contributed by atoms with van der Waals surface area (Å²) in [4.78, 5) is 13.2. The van der Waals surface area contributed by atoms with E-state index in [0.29, 0.717) is 6.04 Å². The molecule has 68 valence electrons. The van der Waals surface area contributed by atoms with E-state index in [-0.39, 0.29) is 5.92 Å². The van der Waals surface area contributed by atoms with Crippen molar-refractivity contribution >= 4 is 5.97 Å². The van der Waals surface area contributed by atoms with Crippen LogP contribution in [0.15, 0.2) is 0 Å². The van der Waals surface area contributed by atoms with Gasteiger partial charge in [0.1, 0.15) is 0 Å². The molecule has 1 N–H and O–H groups in total. The summed E-state index contributed by atoms with van der Waals surface area (Å²) in [6.07, 6.45) is 4.23. The summed E-state index contributed by atoms with van der Waals surface area (Å²) < 4.78 is 0. The largest absolute Gasteiger partial charge is 0.481 e.